The molecule has 1 N–H and O–H groups in total. The molecule has 0 saturated carbocycles. The molecule has 1 aromatic heterocycles. The summed E-state index contributed by atoms with van der Waals surface area (Å²) in [5.41, 5.74) is 3.32. The average Bonchev–Trinajstić information content (AvgIpc) is 2.80. The predicted octanol–water partition coefficient (Wildman–Crippen LogP) is 3.81. The maximum atomic E-state index is 13.3. The van der Waals surface area contributed by atoms with Crippen molar-refractivity contribution in [1.82, 2.24) is 9.29 Å². The summed E-state index contributed by atoms with van der Waals surface area (Å²) in [7, 11) is -3.51. The highest BCUT2D eigenvalue weighted by molar-refractivity contribution is 7.89. The van der Waals surface area contributed by atoms with Gasteiger partial charge in [-0.05, 0) is 49.8 Å². The molecule has 1 aromatic carbocycles. The fourth-order valence-corrected chi connectivity index (χ4v) is 6.14. The van der Waals surface area contributed by atoms with E-state index in [4.69, 9.17) is 0 Å². The molecule has 0 bridgehead atoms. The zero-order valence-corrected chi connectivity index (χ0v) is 16.1. The molecule has 2 aliphatic rings. The number of hydrogen-bond acceptors (Lipinski definition) is 3. The fourth-order valence-electron chi connectivity index (χ4n) is 4.32. The second-order valence-corrected chi connectivity index (χ2v) is 9.34. The maximum absolute atomic E-state index is 13.3. The molecule has 0 amide bonds. The molecule has 0 radical (unpaired) electrons. The smallest absolute Gasteiger partial charge is 0.243 e. The Kier molecular flexibility index (Phi) is 4.65. The van der Waals surface area contributed by atoms with Crippen LogP contribution in [0, 0.1) is 0 Å². The summed E-state index contributed by atoms with van der Waals surface area (Å²) < 4.78 is 28.3. The minimum Gasteiger partial charge on any atom is -0.358 e. The lowest BCUT2D eigenvalue weighted by atomic mass is 9.94. The van der Waals surface area contributed by atoms with Gasteiger partial charge in [0, 0.05) is 41.7 Å². The van der Waals surface area contributed by atoms with Crippen LogP contribution in [0.4, 0.5) is 0 Å². The molecule has 6 heteroatoms. The Labute approximate surface area is 154 Å². The molecule has 1 saturated heterocycles. The molecule has 0 unspecified atom stereocenters. The summed E-state index contributed by atoms with van der Waals surface area (Å²) in [4.78, 5) is 16.1. The third kappa shape index (κ3) is 2.89. The molecular formula is C20H26N2O3S. The standard InChI is InChI=1S/C20H26N2O3S/c1-2-14-12-15-17(21-16-8-7-9-18(23)20(15)16)13-19(14)26(24,25)22-10-5-3-4-6-11-22/h12-13,21H,2-11H2,1H3. The van der Waals surface area contributed by atoms with Crippen LogP contribution in [-0.4, -0.2) is 36.6 Å². The van der Waals surface area contributed by atoms with Crippen molar-refractivity contribution in [2.45, 2.75) is 63.2 Å². The fraction of sp³-hybridized carbons (Fsp3) is 0.550. The zero-order valence-electron chi connectivity index (χ0n) is 15.3. The number of hydrogen-bond donors (Lipinski definition) is 1. The third-order valence-corrected chi connectivity index (χ3v) is 7.71. The van der Waals surface area contributed by atoms with E-state index in [1.54, 1.807) is 10.4 Å². The Balaban J connectivity index is 1.86. The van der Waals surface area contributed by atoms with Crippen LogP contribution in [-0.2, 0) is 22.9 Å². The number of ketones is 1. The van der Waals surface area contributed by atoms with Crippen molar-refractivity contribution >= 4 is 26.7 Å². The topological polar surface area (TPSA) is 70.2 Å². The van der Waals surface area contributed by atoms with E-state index in [0.717, 1.165) is 66.2 Å². The first-order chi connectivity index (χ1) is 12.5. The first-order valence-electron chi connectivity index (χ1n) is 9.73. The van der Waals surface area contributed by atoms with Crippen LogP contribution in [0.15, 0.2) is 17.0 Å². The Bertz CT molecular complexity index is 951. The van der Waals surface area contributed by atoms with E-state index in [9.17, 15) is 13.2 Å². The Morgan fingerprint density at radius 1 is 1.04 bits per heavy atom. The highest BCUT2D eigenvalue weighted by atomic mass is 32.2. The number of aromatic amines is 1. The number of nitrogens with one attached hydrogen (secondary N) is 1. The zero-order chi connectivity index (χ0) is 18.3. The summed E-state index contributed by atoms with van der Waals surface area (Å²) in [6, 6.07) is 3.69. The largest absolute Gasteiger partial charge is 0.358 e. The molecule has 1 aliphatic heterocycles. The van der Waals surface area contributed by atoms with Gasteiger partial charge in [-0.25, -0.2) is 8.42 Å². The van der Waals surface area contributed by atoms with E-state index in [1.807, 2.05) is 13.0 Å². The van der Waals surface area contributed by atoms with Gasteiger partial charge in [-0.3, -0.25) is 4.79 Å². The minimum absolute atomic E-state index is 0.169. The number of H-pyrrole nitrogens is 1. The molecular weight excluding hydrogens is 348 g/mol. The lowest BCUT2D eigenvalue weighted by molar-refractivity contribution is 0.0974. The Morgan fingerprint density at radius 2 is 1.77 bits per heavy atom. The maximum Gasteiger partial charge on any atom is 0.243 e. The van der Waals surface area contributed by atoms with Gasteiger partial charge in [-0.1, -0.05) is 19.8 Å². The first-order valence-corrected chi connectivity index (χ1v) is 11.2. The third-order valence-electron chi connectivity index (χ3n) is 5.73. The number of carbonyl (C=O) groups is 1. The molecule has 5 nitrogen and oxygen atoms in total. The number of benzene rings is 1. The van der Waals surface area contributed by atoms with E-state index in [1.165, 1.54) is 0 Å². The van der Waals surface area contributed by atoms with E-state index >= 15 is 0 Å². The number of Topliss-reactive ketones (excluding diaryl/α,β-unsaturated/α-hetero) is 1. The monoisotopic (exact) mass is 374 g/mol. The number of carbonyl (C=O) groups excluding carboxylic acids is 1. The van der Waals surface area contributed by atoms with E-state index in [-0.39, 0.29) is 5.78 Å². The van der Waals surface area contributed by atoms with E-state index in [0.29, 0.717) is 30.8 Å². The van der Waals surface area contributed by atoms with Gasteiger partial charge in [0.05, 0.1) is 4.90 Å². The molecule has 0 spiro atoms. The van der Waals surface area contributed by atoms with Crippen LogP contribution in [0.5, 0.6) is 0 Å². The van der Waals surface area contributed by atoms with Gasteiger partial charge in [0.2, 0.25) is 10.0 Å². The number of fused-ring (bicyclic) bond motifs is 3. The lowest BCUT2D eigenvalue weighted by Gasteiger charge is -2.21. The number of aryl methyl sites for hydroxylation is 2. The highest BCUT2D eigenvalue weighted by Gasteiger charge is 2.29. The quantitative estimate of drug-likeness (QED) is 0.888. The van der Waals surface area contributed by atoms with Crippen LogP contribution in [0.1, 0.15) is 67.1 Å². The number of nitrogens with zero attached hydrogens (tertiary/aromatic N) is 1. The van der Waals surface area contributed by atoms with Crippen molar-refractivity contribution in [3.05, 3.63) is 29.0 Å². The van der Waals surface area contributed by atoms with Crippen LogP contribution in [0.2, 0.25) is 0 Å². The van der Waals surface area contributed by atoms with Gasteiger partial charge in [0.15, 0.2) is 5.78 Å². The van der Waals surface area contributed by atoms with Crippen molar-refractivity contribution in [3.63, 3.8) is 0 Å². The van der Waals surface area contributed by atoms with Crippen molar-refractivity contribution in [3.8, 4) is 0 Å². The van der Waals surface area contributed by atoms with Crippen LogP contribution >= 0.6 is 0 Å². The number of sulfonamides is 1. The van der Waals surface area contributed by atoms with Crippen molar-refractivity contribution in [1.29, 1.82) is 0 Å². The van der Waals surface area contributed by atoms with Crippen molar-refractivity contribution in [2.75, 3.05) is 13.1 Å². The predicted molar refractivity (Wildman–Crippen MR) is 102 cm³/mol. The first kappa shape index (κ1) is 17.7. The van der Waals surface area contributed by atoms with Crippen molar-refractivity contribution in [2.24, 2.45) is 0 Å². The van der Waals surface area contributed by atoms with E-state index < -0.39 is 10.0 Å². The summed E-state index contributed by atoms with van der Waals surface area (Å²) in [5, 5.41) is 0.886. The highest BCUT2D eigenvalue weighted by Crippen LogP contribution is 2.34. The molecule has 2 aromatic rings. The molecule has 2 heterocycles. The molecule has 0 atom stereocenters. The van der Waals surface area contributed by atoms with Crippen molar-refractivity contribution < 1.29 is 13.2 Å². The summed E-state index contributed by atoms with van der Waals surface area (Å²) in [6.45, 7) is 3.18. The van der Waals surface area contributed by atoms with Crippen LogP contribution < -0.4 is 0 Å². The minimum atomic E-state index is -3.51. The van der Waals surface area contributed by atoms with Gasteiger partial charge in [-0.2, -0.15) is 4.31 Å². The Morgan fingerprint density at radius 3 is 2.46 bits per heavy atom. The number of aromatic nitrogens is 1. The Hall–Kier alpha value is -1.66. The second kappa shape index (κ2) is 6.82. The SMILES string of the molecule is CCc1cc2c3c([nH]c2cc1S(=O)(=O)N1CCCCCC1)CCCC3=O. The van der Waals surface area contributed by atoms with Crippen LogP contribution in [0.25, 0.3) is 10.9 Å². The van der Waals surface area contributed by atoms with Gasteiger partial charge < -0.3 is 4.98 Å². The molecule has 4 rings (SSSR count). The normalized spacial score (nSPS) is 19.5. The van der Waals surface area contributed by atoms with Gasteiger partial charge in [-0.15, -0.1) is 0 Å². The van der Waals surface area contributed by atoms with Gasteiger partial charge in [0.1, 0.15) is 0 Å². The second-order valence-electron chi connectivity index (χ2n) is 7.43. The summed E-state index contributed by atoms with van der Waals surface area (Å²) in [6.07, 6.45) is 6.96. The molecule has 1 fully saturated rings. The average molecular weight is 375 g/mol. The number of rotatable bonds is 3. The summed E-state index contributed by atoms with van der Waals surface area (Å²) >= 11 is 0. The van der Waals surface area contributed by atoms with Gasteiger partial charge >= 0.3 is 0 Å². The van der Waals surface area contributed by atoms with E-state index in [2.05, 4.69) is 4.98 Å². The molecule has 140 valence electrons. The lowest BCUT2D eigenvalue weighted by Crippen LogP contribution is -2.32. The van der Waals surface area contributed by atoms with Gasteiger partial charge in [0.25, 0.3) is 0 Å². The molecule has 1 aliphatic carbocycles. The van der Waals surface area contributed by atoms with Crippen LogP contribution in [0.3, 0.4) is 0 Å². The summed E-state index contributed by atoms with van der Waals surface area (Å²) in [5.74, 6) is 0.169. The molecule has 26 heavy (non-hydrogen) atoms.